The summed E-state index contributed by atoms with van der Waals surface area (Å²) in [6.07, 6.45) is 4.58. The molecule has 6 nitrogen and oxygen atoms in total. The first-order valence-corrected chi connectivity index (χ1v) is 8.06. The van der Waals surface area contributed by atoms with Gasteiger partial charge in [0.15, 0.2) is 5.78 Å². The second-order valence-electron chi connectivity index (χ2n) is 5.52. The predicted molar refractivity (Wildman–Crippen MR) is 95.3 cm³/mol. The minimum Gasteiger partial charge on any atom is -0.456 e. The van der Waals surface area contributed by atoms with Crippen molar-refractivity contribution in [1.29, 1.82) is 5.26 Å². The first-order valence-electron chi connectivity index (χ1n) is 7.69. The van der Waals surface area contributed by atoms with Crippen molar-refractivity contribution in [1.82, 2.24) is 15.0 Å². The molecule has 0 aliphatic carbocycles. The van der Waals surface area contributed by atoms with Gasteiger partial charge in [0.25, 0.3) is 0 Å². The number of rotatable bonds is 5. The highest BCUT2D eigenvalue weighted by molar-refractivity contribution is 6.30. The molecule has 0 radical (unpaired) electrons. The number of aryl methyl sites for hydroxylation is 1. The molecule has 0 N–H and O–H groups in total. The fourth-order valence-electron chi connectivity index (χ4n) is 2.32. The van der Waals surface area contributed by atoms with E-state index in [1.807, 2.05) is 6.07 Å². The molecule has 0 aromatic carbocycles. The maximum absolute atomic E-state index is 12.6. The van der Waals surface area contributed by atoms with Gasteiger partial charge in [0.1, 0.15) is 17.2 Å². The van der Waals surface area contributed by atoms with Crippen molar-refractivity contribution in [3.8, 4) is 17.6 Å². The van der Waals surface area contributed by atoms with Crippen LogP contribution >= 0.6 is 11.6 Å². The summed E-state index contributed by atoms with van der Waals surface area (Å²) in [7, 11) is 0. The van der Waals surface area contributed by atoms with Crippen LogP contribution in [0, 0.1) is 18.3 Å². The van der Waals surface area contributed by atoms with Gasteiger partial charge in [-0.1, -0.05) is 11.6 Å². The zero-order valence-electron chi connectivity index (χ0n) is 13.8. The third kappa shape index (κ3) is 4.41. The molecule has 0 saturated heterocycles. The maximum atomic E-state index is 12.6. The van der Waals surface area contributed by atoms with Gasteiger partial charge in [-0.25, -0.2) is 4.98 Å². The van der Waals surface area contributed by atoms with Crippen LogP contribution in [0.1, 0.15) is 27.4 Å². The van der Waals surface area contributed by atoms with Crippen LogP contribution in [0.25, 0.3) is 0 Å². The molecule has 3 rings (SSSR count). The molecule has 0 fully saturated rings. The standard InChI is InChI=1S/C19H13ClN4O2/c1-12-4-16(26-17-6-14(20)10-22-11-17)8-18(24-12)19(25)7-15-5-13(9-21)2-3-23-15/h2-6,8,10-11H,7H2,1H3. The second kappa shape index (κ2) is 7.72. The Morgan fingerprint density at radius 2 is 2.08 bits per heavy atom. The maximum Gasteiger partial charge on any atom is 0.187 e. The van der Waals surface area contributed by atoms with Crippen LogP contribution < -0.4 is 4.74 Å². The van der Waals surface area contributed by atoms with Crippen molar-refractivity contribution in [3.05, 3.63) is 76.6 Å². The van der Waals surface area contributed by atoms with Gasteiger partial charge >= 0.3 is 0 Å². The summed E-state index contributed by atoms with van der Waals surface area (Å²) in [5, 5.41) is 9.39. The monoisotopic (exact) mass is 364 g/mol. The van der Waals surface area contributed by atoms with Gasteiger partial charge in [0.05, 0.1) is 29.3 Å². The molecule has 0 amide bonds. The van der Waals surface area contributed by atoms with Crippen LogP contribution in [0.15, 0.2) is 48.9 Å². The Morgan fingerprint density at radius 1 is 1.23 bits per heavy atom. The van der Waals surface area contributed by atoms with E-state index in [9.17, 15) is 4.79 Å². The van der Waals surface area contributed by atoms with Crippen molar-refractivity contribution in [3.63, 3.8) is 0 Å². The van der Waals surface area contributed by atoms with Crippen molar-refractivity contribution < 1.29 is 9.53 Å². The quantitative estimate of drug-likeness (QED) is 0.637. The lowest BCUT2D eigenvalue weighted by atomic mass is 10.1. The summed E-state index contributed by atoms with van der Waals surface area (Å²) in [4.78, 5) is 24.9. The number of nitriles is 1. The molecule has 3 aromatic rings. The van der Waals surface area contributed by atoms with Crippen LogP contribution in [0.4, 0.5) is 0 Å². The molecule has 7 heteroatoms. The molecule has 0 saturated carbocycles. The van der Waals surface area contributed by atoms with E-state index in [2.05, 4.69) is 15.0 Å². The Kier molecular flexibility index (Phi) is 5.20. The Bertz CT molecular complexity index is 1010. The first-order chi connectivity index (χ1) is 12.5. The summed E-state index contributed by atoms with van der Waals surface area (Å²) in [6.45, 7) is 1.77. The van der Waals surface area contributed by atoms with E-state index in [0.717, 1.165) is 0 Å². The number of aromatic nitrogens is 3. The lowest BCUT2D eigenvalue weighted by molar-refractivity contribution is 0.0986. The number of ketones is 1. The third-order valence-electron chi connectivity index (χ3n) is 3.42. The Hall–Kier alpha value is -3.30. The molecule has 128 valence electrons. The number of nitrogens with zero attached hydrogens (tertiary/aromatic N) is 4. The van der Waals surface area contributed by atoms with Gasteiger partial charge in [-0.05, 0) is 19.1 Å². The molecular formula is C19H13ClN4O2. The van der Waals surface area contributed by atoms with Crippen molar-refractivity contribution in [2.45, 2.75) is 13.3 Å². The summed E-state index contributed by atoms with van der Waals surface area (Å²) in [5.41, 5.74) is 1.87. The smallest absolute Gasteiger partial charge is 0.187 e. The van der Waals surface area contributed by atoms with Crippen LogP contribution in [0.3, 0.4) is 0 Å². The molecule has 26 heavy (non-hydrogen) atoms. The van der Waals surface area contributed by atoms with Crippen LogP contribution in [-0.4, -0.2) is 20.7 Å². The predicted octanol–water partition coefficient (Wildman–Crippen LogP) is 3.92. The number of carbonyl (C=O) groups is 1. The number of hydrogen-bond acceptors (Lipinski definition) is 6. The number of ether oxygens (including phenoxy) is 1. The minimum atomic E-state index is -0.217. The van der Waals surface area contributed by atoms with Crippen molar-refractivity contribution in [2.24, 2.45) is 0 Å². The van der Waals surface area contributed by atoms with Crippen LogP contribution in [0.2, 0.25) is 5.02 Å². The summed E-state index contributed by atoms with van der Waals surface area (Å²) in [6, 6.07) is 10.1. The van der Waals surface area contributed by atoms with E-state index in [4.69, 9.17) is 21.6 Å². The van der Waals surface area contributed by atoms with Gasteiger partial charge in [-0.3, -0.25) is 14.8 Å². The topological polar surface area (TPSA) is 88.8 Å². The number of Topliss-reactive ketones (excluding diaryl/α,β-unsaturated/α-hetero) is 1. The Balaban J connectivity index is 1.82. The Labute approximate surface area is 155 Å². The van der Waals surface area contributed by atoms with Gasteiger partial charge in [0.2, 0.25) is 0 Å². The zero-order chi connectivity index (χ0) is 18.5. The highest BCUT2D eigenvalue weighted by atomic mass is 35.5. The fraction of sp³-hybridized carbons (Fsp3) is 0.105. The normalized spacial score (nSPS) is 10.2. The molecule has 0 spiro atoms. The molecule has 0 atom stereocenters. The van der Waals surface area contributed by atoms with Gasteiger partial charge < -0.3 is 4.74 Å². The highest BCUT2D eigenvalue weighted by Crippen LogP contribution is 2.24. The highest BCUT2D eigenvalue weighted by Gasteiger charge is 2.13. The minimum absolute atomic E-state index is 0.0458. The number of pyridine rings is 3. The number of hydrogen-bond donors (Lipinski definition) is 0. The van der Waals surface area contributed by atoms with Crippen molar-refractivity contribution >= 4 is 17.4 Å². The van der Waals surface area contributed by atoms with E-state index in [1.165, 1.54) is 18.6 Å². The second-order valence-corrected chi connectivity index (χ2v) is 5.95. The van der Waals surface area contributed by atoms with E-state index >= 15 is 0 Å². The zero-order valence-corrected chi connectivity index (χ0v) is 14.6. The molecule has 0 unspecified atom stereocenters. The molecular weight excluding hydrogens is 352 g/mol. The number of halogens is 1. The van der Waals surface area contributed by atoms with E-state index in [-0.39, 0.29) is 17.9 Å². The SMILES string of the molecule is Cc1cc(Oc2cncc(Cl)c2)cc(C(=O)Cc2cc(C#N)ccn2)n1. The van der Waals surface area contributed by atoms with E-state index < -0.39 is 0 Å². The third-order valence-corrected chi connectivity index (χ3v) is 3.62. The number of carbonyl (C=O) groups excluding carboxylic acids is 1. The average molecular weight is 365 g/mol. The van der Waals surface area contributed by atoms with Crippen LogP contribution in [0.5, 0.6) is 11.5 Å². The van der Waals surface area contributed by atoms with Crippen molar-refractivity contribution in [2.75, 3.05) is 0 Å². The van der Waals surface area contributed by atoms with E-state index in [0.29, 0.717) is 33.5 Å². The first kappa shape index (κ1) is 17.5. The molecule has 3 heterocycles. The summed E-state index contributed by atoms with van der Waals surface area (Å²) >= 11 is 5.90. The largest absolute Gasteiger partial charge is 0.456 e. The summed E-state index contributed by atoms with van der Waals surface area (Å²) < 4.78 is 5.72. The van der Waals surface area contributed by atoms with Gasteiger partial charge in [-0.2, -0.15) is 5.26 Å². The average Bonchev–Trinajstić information content (AvgIpc) is 2.61. The lowest BCUT2D eigenvalue weighted by Crippen LogP contribution is -2.08. The van der Waals surface area contributed by atoms with Gasteiger partial charge in [0, 0.05) is 42.0 Å². The Morgan fingerprint density at radius 3 is 2.85 bits per heavy atom. The molecule has 3 aromatic heterocycles. The van der Waals surface area contributed by atoms with E-state index in [1.54, 1.807) is 37.3 Å². The summed E-state index contributed by atoms with van der Waals surface area (Å²) in [5.74, 6) is 0.707. The molecule has 0 bridgehead atoms. The molecule has 0 aliphatic heterocycles. The van der Waals surface area contributed by atoms with Crippen LogP contribution in [-0.2, 0) is 6.42 Å². The fourth-order valence-corrected chi connectivity index (χ4v) is 2.49. The van der Waals surface area contributed by atoms with Gasteiger partial charge in [-0.15, -0.1) is 0 Å². The molecule has 0 aliphatic rings. The lowest BCUT2D eigenvalue weighted by Gasteiger charge is -2.08.